The summed E-state index contributed by atoms with van der Waals surface area (Å²) in [7, 11) is 0. The van der Waals surface area contributed by atoms with Crippen LogP contribution in [0, 0.1) is 0 Å². The topological polar surface area (TPSA) is 15.3 Å². The summed E-state index contributed by atoms with van der Waals surface area (Å²) in [5.74, 6) is 0. The van der Waals surface area contributed by atoms with Crippen molar-refractivity contribution in [3.8, 4) is 0 Å². The third-order valence-corrected chi connectivity index (χ3v) is 3.32. The van der Waals surface area contributed by atoms with E-state index in [1.54, 1.807) is 0 Å². The lowest BCUT2D eigenvalue weighted by atomic mass is 9.98. The maximum absolute atomic E-state index is 4.07. The van der Waals surface area contributed by atoms with Gasteiger partial charge in [-0.1, -0.05) is 35.9 Å². The fraction of sp³-hybridized carbons (Fsp3) is 0.467. The highest BCUT2D eigenvalue weighted by molar-refractivity contribution is 5.21. The van der Waals surface area contributed by atoms with E-state index in [1.807, 2.05) is 0 Å². The minimum absolute atomic E-state index is 0.496. The molecular weight excluding hydrogens is 208 g/mol. The molecular formula is C15H22N2. The van der Waals surface area contributed by atoms with Crippen molar-refractivity contribution in [3.63, 3.8) is 0 Å². The van der Waals surface area contributed by atoms with Gasteiger partial charge in [0, 0.05) is 32.2 Å². The largest absolute Gasteiger partial charge is 0.314 e. The average molecular weight is 230 g/mol. The van der Waals surface area contributed by atoms with E-state index < -0.39 is 0 Å². The van der Waals surface area contributed by atoms with Crippen LogP contribution in [0.1, 0.15) is 24.9 Å². The SMILES string of the molecule is C=C(C)C[C@@H](c1ccccc1)N1CCNCC1. The zero-order valence-electron chi connectivity index (χ0n) is 10.7. The fourth-order valence-electron chi connectivity index (χ4n) is 2.46. The molecule has 1 aromatic carbocycles. The zero-order valence-corrected chi connectivity index (χ0v) is 10.7. The number of rotatable bonds is 4. The molecule has 1 aliphatic rings. The molecule has 1 atom stereocenters. The van der Waals surface area contributed by atoms with Gasteiger partial charge in [-0.05, 0) is 18.9 Å². The molecule has 2 nitrogen and oxygen atoms in total. The van der Waals surface area contributed by atoms with E-state index in [0.29, 0.717) is 6.04 Å². The van der Waals surface area contributed by atoms with Crippen LogP contribution in [-0.4, -0.2) is 31.1 Å². The Kier molecular flexibility index (Phi) is 4.35. The molecule has 1 fully saturated rings. The van der Waals surface area contributed by atoms with Crippen molar-refractivity contribution in [2.75, 3.05) is 26.2 Å². The van der Waals surface area contributed by atoms with Crippen LogP contribution >= 0.6 is 0 Å². The van der Waals surface area contributed by atoms with Crippen LogP contribution in [0.25, 0.3) is 0 Å². The van der Waals surface area contributed by atoms with Crippen LogP contribution in [0.4, 0.5) is 0 Å². The standard InChI is InChI=1S/C15H22N2/c1-13(2)12-15(14-6-4-3-5-7-14)17-10-8-16-9-11-17/h3-7,15-16H,1,8-12H2,2H3/t15-/m0/s1. The van der Waals surface area contributed by atoms with E-state index in [9.17, 15) is 0 Å². The number of piperazine rings is 1. The van der Waals surface area contributed by atoms with Crippen molar-refractivity contribution in [2.45, 2.75) is 19.4 Å². The van der Waals surface area contributed by atoms with Gasteiger partial charge >= 0.3 is 0 Å². The Bertz CT molecular complexity index is 352. The Morgan fingerprint density at radius 1 is 1.29 bits per heavy atom. The van der Waals surface area contributed by atoms with Gasteiger partial charge in [-0.15, -0.1) is 6.58 Å². The molecule has 0 aromatic heterocycles. The maximum atomic E-state index is 4.07. The van der Waals surface area contributed by atoms with Crippen molar-refractivity contribution in [1.82, 2.24) is 10.2 Å². The van der Waals surface area contributed by atoms with Crippen LogP contribution in [0.15, 0.2) is 42.5 Å². The first-order valence-corrected chi connectivity index (χ1v) is 6.41. The number of benzene rings is 1. The van der Waals surface area contributed by atoms with Gasteiger partial charge in [0.1, 0.15) is 0 Å². The Balaban J connectivity index is 2.15. The van der Waals surface area contributed by atoms with Crippen LogP contribution in [0.2, 0.25) is 0 Å². The normalized spacial score (nSPS) is 18.9. The monoisotopic (exact) mass is 230 g/mol. The van der Waals surface area contributed by atoms with Crippen molar-refractivity contribution in [3.05, 3.63) is 48.0 Å². The second-order valence-electron chi connectivity index (χ2n) is 4.87. The van der Waals surface area contributed by atoms with Crippen LogP contribution in [-0.2, 0) is 0 Å². The molecule has 1 saturated heterocycles. The first-order valence-electron chi connectivity index (χ1n) is 6.41. The highest BCUT2D eigenvalue weighted by Crippen LogP contribution is 2.27. The van der Waals surface area contributed by atoms with Gasteiger partial charge in [0.25, 0.3) is 0 Å². The lowest BCUT2D eigenvalue weighted by molar-refractivity contribution is 0.172. The van der Waals surface area contributed by atoms with E-state index in [4.69, 9.17) is 0 Å². The molecule has 2 rings (SSSR count). The molecule has 0 amide bonds. The number of hydrogen-bond donors (Lipinski definition) is 1. The van der Waals surface area contributed by atoms with E-state index in [1.165, 1.54) is 11.1 Å². The number of nitrogens with zero attached hydrogens (tertiary/aromatic N) is 1. The molecule has 1 N–H and O–H groups in total. The summed E-state index contributed by atoms with van der Waals surface area (Å²) in [5.41, 5.74) is 2.68. The van der Waals surface area contributed by atoms with Crippen molar-refractivity contribution in [1.29, 1.82) is 0 Å². The van der Waals surface area contributed by atoms with Crippen LogP contribution in [0.5, 0.6) is 0 Å². The molecule has 0 aliphatic carbocycles. The number of hydrogen-bond acceptors (Lipinski definition) is 2. The van der Waals surface area contributed by atoms with Crippen LogP contribution in [0.3, 0.4) is 0 Å². The second kappa shape index (κ2) is 5.99. The first-order chi connectivity index (χ1) is 8.27. The molecule has 0 spiro atoms. The predicted molar refractivity (Wildman–Crippen MR) is 73.1 cm³/mol. The molecule has 1 aromatic rings. The molecule has 17 heavy (non-hydrogen) atoms. The van der Waals surface area contributed by atoms with Crippen molar-refractivity contribution >= 4 is 0 Å². The second-order valence-corrected chi connectivity index (χ2v) is 4.87. The molecule has 2 heteroatoms. The summed E-state index contributed by atoms with van der Waals surface area (Å²) >= 11 is 0. The average Bonchev–Trinajstić information content (AvgIpc) is 2.38. The third-order valence-electron chi connectivity index (χ3n) is 3.32. The molecule has 0 unspecified atom stereocenters. The maximum Gasteiger partial charge on any atom is 0.0386 e. The van der Waals surface area contributed by atoms with Gasteiger partial charge < -0.3 is 5.32 Å². The zero-order chi connectivity index (χ0) is 12.1. The van der Waals surface area contributed by atoms with Gasteiger partial charge in [-0.3, -0.25) is 4.90 Å². The minimum Gasteiger partial charge on any atom is -0.314 e. The van der Waals surface area contributed by atoms with Gasteiger partial charge in [0.05, 0.1) is 0 Å². The third kappa shape index (κ3) is 3.42. The fourth-order valence-corrected chi connectivity index (χ4v) is 2.46. The minimum atomic E-state index is 0.496. The highest BCUT2D eigenvalue weighted by atomic mass is 15.2. The predicted octanol–water partition coefficient (Wildman–Crippen LogP) is 2.60. The molecule has 1 aliphatic heterocycles. The van der Waals surface area contributed by atoms with Gasteiger partial charge in [0.15, 0.2) is 0 Å². The Morgan fingerprint density at radius 2 is 1.94 bits per heavy atom. The van der Waals surface area contributed by atoms with Crippen molar-refractivity contribution < 1.29 is 0 Å². The molecule has 0 radical (unpaired) electrons. The van der Waals surface area contributed by atoms with Crippen LogP contribution < -0.4 is 5.32 Å². The molecule has 0 saturated carbocycles. The quantitative estimate of drug-likeness (QED) is 0.800. The summed E-state index contributed by atoms with van der Waals surface area (Å²) in [6, 6.07) is 11.3. The Hall–Kier alpha value is -1.12. The van der Waals surface area contributed by atoms with E-state index >= 15 is 0 Å². The smallest absolute Gasteiger partial charge is 0.0386 e. The van der Waals surface area contributed by atoms with E-state index in [2.05, 4.69) is 54.1 Å². The summed E-state index contributed by atoms with van der Waals surface area (Å²) in [4.78, 5) is 2.57. The highest BCUT2D eigenvalue weighted by Gasteiger charge is 2.21. The first kappa shape index (κ1) is 12.3. The lowest BCUT2D eigenvalue weighted by Crippen LogP contribution is -2.45. The Labute approximate surface area is 104 Å². The summed E-state index contributed by atoms with van der Waals surface area (Å²) in [6.45, 7) is 10.7. The summed E-state index contributed by atoms with van der Waals surface area (Å²) in [5, 5.41) is 3.41. The molecule has 1 heterocycles. The molecule has 92 valence electrons. The van der Waals surface area contributed by atoms with E-state index in [-0.39, 0.29) is 0 Å². The lowest BCUT2D eigenvalue weighted by Gasteiger charge is -2.35. The van der Waals surface area contributed by atoms with Gasteiger partial charge in [-0.2, -0.15) is 0 Å². The van der Waals surface area contributed by atoms with Crippen molar-refractivity contribution in [2.24, 2.45) is 0 Å². The van der Waals surface area contributed by atoms with Gasteiger partial charge in [0.2, 0.25) is 0 Å². The van der Waals surface area contributed by atoms with E-state index in [0.717, 1.165) is 32.6 Å². The Morgan fingerprint density at radius 3 is 2.53 bits per heavy atom. The van der Waals surface area contributed by atoms with Gasteiger partial charge in [-0.25, -0.2) is 0 Å². The molecule has 0 bridgehead atoms. The number of nitrogens with one attached hydrogen (secondary N) is 1. The summed E-state index contributed by atoms with van der Waals surface area (Å²) < 4.78 is 0. The summed E-state index contributed by atoms with van der Waals surface area (Å²) in [6.07, 6.45) is 1.06.